The first-order valence-corrected chi connectivity index (χ1v) is 11.1. The molecule has 0 amide bonds. The van der Waals surface area contributed by atoms with E-state index in [9.17, 15) is 5.11 Å². The molecular formula is C12H30O6Si2. The van der Waals surface area contributed by atoms with Crippen LogP contribution in [0.3, 0.4) is 0 Å². The largest absolute Gasteiger partial charge is 0.500 e. The van der Waals surface area contributed by atoms with E-state index in [1.165, 1.54) is 0 Å². The molecule has 0 aliphatic heterocycles. The number of hydrogen-bond donors (Lipinski definition) is 1. The molecule has 0 aliphatic rings. The highest BCUT2D eigenvalue weighted by Crippen LogP contribution is 2.20. The number of unbranched alkanes of at least 4 members (excludes halogenated alkanes) is 3. The molecule has 6 nitrogen and oxygen atoms in total. The molecule has 0 aromatic rings. The third-order valence-corrected chi connectivity index (χ3v) is 9.63. The maximum Gasteiger partial charge on any atom is 0.500 e. The van der Waals surface area contributed by atoms with Gasteiger partial charge in [-0.15, -0.1) is 0 Å². The Hall–Kier alpha value is 0.194. The third-order valence-electron chi connectivity index (χ3n) is 3.71. The zero-order valence-electron chi connectivity index (χ0n) is 13.4. The smallest absolute Gasteiger partial charge is 0.396 e. The zero-order valence-corrected chi connectivity index (χ0v) is 15.4. The van der Waals surface area contributed by atoms with Crippen LogP contribution in [0.1, 0.15) is 25.7 Å². The molecule has 1 N–H and O–H groups in total. The molecule has 0 saturated heterocycles. The highest BCUT2D eigenvalue weighted by atomic mass is 28.4. The molecule has 0 heterocycles. The highest BCUT2D eigenvalue weighted by molar-refractivity contribution is 6.67. The van der Waals surface area contributed by atoms with Crippen LogP contribution in [-0.2, 0) is 22.1 Å². The summed E-state index contributed by atoms with van der Waals surface area (Å²) in [6, 6.07) is 1.64. The SMILES string of the molecule is CO[Si](CO)(CCCCCC[Si](OC)(OC)OC)OC. The van der Waals surface area contributed by atoms with Crippen molar-refractivity contribution in [3.05, 3.63) is 0 Å². The van der Waals surface area contributed by atoms with Gasteiger partial charge in [0.2, 0.25) is 0 Å². The molecule has 0 fully saturated rings. The Labute approximate surface area is 124 Å². The Morgan fingerprint density at radius 2 is 1.10 bits per heavy atom. The van der Waals surface area contributed by atoms with Gasteiger partial charge in [0.1, 0.15) is 0 Å². The first kappa shape index (κ1) is 20.2. The molecule has 0 bridgehead atoms. The van der Waals surface area contributed by atoms with Crippen LogP contribution in [0.2, 0.25) is 12.1 Å². The molecule has 0 spiro atoms. The Morgan fingerprint density at radius 1 is 0.650 bits per heavy atom. The average Bonchev–Trinajstić information content (AvgIpc) is 2.52. The Morgan fingerprint density at radius 3 is 1.45 bits per heavy atom. The van der Waals surface area contributed by atoms with Crippen LogP contribution in [0.4, 0.5) is 0 Å². The summed E-state index contributed by atoms with van der Waals surface area (Å²) in [5, 5.41) is 9.35. The summed E-state index contributed by atoms with van der Waals surface area (Å²) in [4.78, 5) is 0. The van der Waals surface area contributed by atoms with Crippen molar-refractivity contribution in [1.82, 2.24) is 0 Å². The van der Waals surface area contributed by atoms with Crippen molar-refractivity contribution < 1.29 is 27.2 Å². The molecular weight excluding hydrogens is 296 g/mol. The predicted octanol–water partition coefficient (Wildman–Crippen LogP) is 1.69. The average molecular weight is 327 g/mol. The van der Waals surface area contributed by atoms with Crippen LogP contribution < -0.4 is 0 Å². The number of hydrogen-bond acceptors (Lipinski definition) is 6. The van der Waals surface area contributed by atoms with Crippen molar-refractivity contribution in [1.29, 1.82) is 0 Å². The second kappa shape index (κ2) is 10.9. The summed E-state index contributed by atoms with van der Waals surface area (Å²) in [6.07, 6.45) is 4.16. The number of rotatable bonds is 13. The van der Waals surface area contributed by atoms with Crippen molar-refractivity contribution in [2.45, 2.75) is 37.8 Å². The van der Waals surface area contributed by atoms with Gasteiger partial charge >= 0.3 is 17.4 Å². The van der Waals surface area contributed by atoms with Gasteiger partial charge in [0.05, 0.1) is 6.23 Å². The molecule has 0 radical (unpaired) electrons. The standard InChI is InChI=1S/C12H30O6Si2/c1-14-19(12-13,15-2)10-8-6-7-9-11-20(16-3,17-4)18-5/h13H,6-12H2,1-5H3. The highest BCUT2D eigenvalue weighted by Gasteiger charge is 2.37. The number of aliphatic hydroxyl groups is 1. The quantitative estimate of drug-likeness (QED) is 0.410. The van der Waals surface area contributed by atoms with Crippen LogP contribution in [-0.4, -0.2) is 64.3 Å². The predicted molar refractivity (Wildman–Crippen MR) is 81.7 cm³/mol. The van der Waals surface area contributed by atoms with Gasteiger partial charge in [-0.2, -0.15) is 0 Å². The second-order valence-corrected chi connectivity index (χ2v) is 11.2. The van der Waals surface area contributed by atoms with Crippen molar-refractivity contribution in [2.24, 2.45) is 0 Å². The van der Waals surface area contributed by atoms with E-state index in [0.29, 0.717) is 0 Å². The van der Waals surface area contributed by atoms with Crippen molar-refractivity contribution in [3.63, 3.8) is 0 Å². The summed E-state index contributed by atoms with van der Waals surface area (Å²) in [7, 11) is 3.37. The minimum Gasteiger partial charge on any atom is -0.396 e. The fourth-order valence-electron chi connectivity index (χ4n) is 2.14. The summed E-state index contributed by atoms with van der Waals surface area (Å²) in [6.45, 7) is 0. The van der Waals surface area contributed by atoms with E-state index in [1.54, 1.807) is 35.5 Å². The van der Waals surface area contributed by atoms with Crippen LogP contribution >= 0.6 is 0 Å². The first-order valence-electron chi connectivity index (χ1n) is 6.94. The fourth-order valence-corrected chi connectivity index (χ4v) is 5.72. The molecule has 0 rings (SSSR count). The maximum absolute atomic E-state index is 9.35. The van der Waals surface area contributed by atoms with Crippen molar-refractivity contribution in [3.8, 4) is 0 Å². The van der Waals surface area contributed by atoms with Crippen LogP contribution in [0.25, 0.3) is 0 Å². The molecule has 8 heteroatoms. The molecule has 0 atom stereocenters. The summed E-state index contributed by atoms with van der Waals surface area (Å²) >= 11 is 0. The van der Waals surface area contributed by atoms with Crippen LogP contribution in [0, 0.1) is 0 Å². The molecule has 0 aromatic carbocycles. The second-order valence-electron chi connectivity index (χ2n) is 4.69. The van der Waals surface area contributed by atoms with Gasteiger partial charge < -0.3 is 27.2 Å². The van der Waals surface area contributed by atoms with E-state index in [4.69, 9.17) is 22.1 Å². The fraction of sp³-hybridized carbons (Fsp3) is 1.00. The summed E-state index contributed by atoms with van der Waals surface area (Å²) < 4.78 is 26.9. The minimum absolute atomic E-state index is 0.00699. The normalized spacial score (nSPS) is 12.9. The van der Waals surface area contributed by atoms with Gasteiger partial charge in [-0.05, 0) is 12.5 Å². The molecule has 0 aliphatic carbocycles. The van der Waals surface area contributed by atoms with Crippen LogP contribution in [0.5, 0.6) is 0 Å². The lowest BCUT2D eigenvalue weighted by molar-refractivity contribution is 0.122. The zero-order chi connectivity index (χ0) is 15.5. The van der Waals surface area contributed by atoms with Gasteiger partial charge in [-0.1, -0.05) is 19.3 Å². The van der Waals surface area contributed by atoms with E-state index in [2.05, 4.69) is 0 Å². The number of aliphatic hydroxyl groups excluding tert-OH is 1. The molecule has 0 saturated carbocycles. The van der Waals surface area contributed by atoms with E-state index in [-0.39, 0.29) is 6.23 Å². The lowest BCUT2D eigenvalue weighted by Crippen LogP contribution is -2.44. The van der Waals surface area contributed by atoms with Gasteiger partial charge in [-0.25, -0.2) is 0 Å². The molecule has 20 heavy (non-hydrogen) atoms. The summed E-state index contributed by atoms with van der Waals surface area (Å²) in [5.74, 6) is 0. The summed E-state index contributed by atoms with van der Waals surface area (Å²) in [5.41, 5.74) is 0. The Balaban J connectivity index is 3.87. The first-order chi connectivity index (χ1) is 9.57. The van der Waals surface area contributed by atoms with Gasteiger partial charge in [0.15, 0.2) is 0 Å². The van der Waals surface area contributed by atoms with E-state index < -0.39 is 17.4 Å². The lowest BCUT2D eigenvalue weighted by Gasteiger charge is -2.25. The van der Waals surface area contributed by atoms with E-state index in [0.717, 1.165) is 37.8 Å². The Bertz CT molecular complexity index is 193. The van der Waals surface area contributed by atoms with E-state index >= 15 is 0 Å². The van der Waals surface area contributed by atoms with Crippen LogP contribution in [0.15, 0.2) is 0 Å². The van der Waals surface area contributed by atoms with Crippen molar-refractivity contribution in [2.75, 3.05) is 41.8 Å². The molecule has 0 aromatic heterocycles. The van der Waals surface area contributed by atoms with Gasteiger partial charge in [0, 0.05) is 41.6 Å². The molecule has 0 unspecified atom stereocenters. The van der Waals surface area contributed by atoms with E-state index in [1.807, 2.05) is 0 Å². The monoisotopic (exact) mass is 326 g/mol. The van der Waals surface area contributed by atoms with Crippen molar-refractivity contribution >= 4 is 17.4 Å². The minimum atomic E-state index is -2.42. The lowest BCUT2D eigenvalue weighted by atomic mass is 10.2. The molecule has 122 valence electrons. The van der Waals surface area contributed by atoms with Gasteiger partial charge in [-0.3, -0.25) is 0 Å². The Kier molecular flexibility index (Phi) is 11.0. The third kappa shape index (κ3) is 6.31. The van der Waals surface area contributed by atoms with Gasteiger partial charge in [0.25, 0.3) is 0 Å². The maximum atomic E-state index is 9.35. The topological polar surface area (TPSA) is 66.4 Å².